The Balaban J connectivity index is 1.03. The van der Waals surface area contributed by atoms with Gasteiger partial charge in [-0.3, -0.25) is 29.0 Å². The number of fused-ring (bicyclic) bond motifs is 2. The molecule has 6 unspecified atom stereocenters. The van der Waals surface area contributed by atoms with Crippen LogP contribution in [0, 0.1) is 11.8 Å². The molecule has 9 aromatic rings. The lowest BCUT2D eigenvalue weighted by Gasteiger charge is -2.38. The molecule has 0 bridgehead atoms. The minimum Gasteiger partial charge on any atom is -0.461 e. The monoisotopic (exact) mass is 1650 g/mol. The average molecular weight is 1650 g/mol. The van der Waals surface area contributed by atoms with Crippen LogP contribution in [0.1, 0.15) is 302 Å². The Kier molecular flexibility index (Phi) is 24.3. The van der Waals surface area contributed by atoms with E-state index >= 15 is 28.8 Å². The summed E-state index contributed by atoms with van der Waals surface area (Å²) in [5.74, 6) is -3.98. The quantitative estimate of drug-likeness (QED) is 0.0137. The topological polar surface area (TPSA) is 217 Å². The number of benzene rings is 9. The number of amides is 4. The molecule has 4 amide bonds. The van der Waals surface area contributed by atoms with Crippen molar-refractivity contribution in [1.82, 2.24) is 9.80 Å². The fourth-order valence-electron chi connectivity index (χ4n) is 19.0. The Morgan fingerprint density at radius 1 is 0.336 bits per heavy atom. The van der Waals surface area contributed by atoms with Gasteiger partial charge in [0.15, 0.2) is 0 Å². The van der Waals surface area contributed by atoms with Gasteiger partial charge in [0.05, 0.1) is 22.3 Å². The van der Waals surface area contributed by atoms with Crippen molar-refractivity contribution in [2.45, 2.75) is 296 Å². The molecule has 2 aliphatic heterocycles. The number of ether oxygens (including phenoxy) is 8. The van der Waals surface area contributed by atoms with E-state index in [1.165, 1.54) is 0 Å². The zero-order valence-electron chi connectivity index (χ0n) is 73.6. The number of esters is 4. The van der Waals surface area contributed by atoms with Gasteiger partial charge in [-0.05, 0) is 193 Å². The highest BCUT2D eigenvalue weighted by Gasteiger charge is 2.49. The molecular weight excluding hydrogens is 1530 g/mol. The highest BCUT2D eigenvalue weighted by atomic mass is 16.6. The van der Waals surface area contributed by atoms with Gasteiger partial charge in [0, 0.05) is 67.1 Å². The van der Waals surface area contributed by atoms with E-state index in [-0.39, 0.29) is 115 Å². The van der Waals surface area contributed by atoms with Crippen molar-refractivity contribution in [2.75, 3.05) is 0 Å². The van der Waals surface area contributed by atoms with Crippen LogP contribution in [0.25, 0.3) is 43.1 Å². The van der Waals surface area contributed by atoms with Crippen molar-refractivity contribution < 1.29 is 76.3 Å². The Morgan fingerprint density at radius 3 is 0.820 bits per heavy atom. The Morgan fingerprint density at radius 2 is 0.582 bits per heavy atom. The molecule has 18 nitrogen and oxygen atoms in total. The highest BCUT2D eigenvalue weighted by molar-refractivity contribution is 6.45. The van der Waals surface area contributed by atoms with E-state index < -0.39 is 84.0 Å². The summed E-state index contributed by atoms with van der Waals surface area (Å²) < 4.78 is 55.1. The molecule has 0 radical (unpaired) electrons. The van der Waals surface area contributed by atoms with Crippen molar-refractivity contribution in [3.05, 3.63) is 190 Å². The van der Waals surface area contributed by atoms with Gasteiger partial charge in [0.2, 0.25) is 0 Å². The summed E-state index contributed by atoms with van der Waals surface area (Å²) in [6, 6.07) is 34.5. The van der Waals surface area contributed by atoms with E-state index in [4.69, 9.17) is 37.9 Å². The molecule has 4 aliphatic carbocycles. The van der Waals surface area contributed by atoms with E-state index in [0.717, 1.165) is 96.3 Å². The fourth-order valence-corrected chi connectivity index (χ4v) is 19.0. The third-order valence-electron chi connectivity index (χ3n) is 26.2. The molecule has 6 atom stereocenters. The highest BCUT2D eigenvalue weighted by Crippen LogP contribution is 2.59. The van der Waals surface area contributed by atoms with Crippen LogP contribution in [0.2, 0.25) is 0 Å². The van der Waals surface area contributed by atoms with E-state index in [1.54, 1.807) is 24.3 Å². The first-order valence-corrected chi connectivity index (χ1v) is 44.5. The van der Waals surface area contributed by atoms with Crippen molar-refractivity contribution in [1.29, 1.82) is 0 Å². The lowest BCUT2D eigenvalue weighted by Crippen LogP contribution is -2.52. The zero-order valence-corrected chi connectivity index (χ0v) is 73.6. The van der Waals surface area contributed by atoms with Crippen LogP contribution in [-0.4, -0.2) is 93.8 Å². The van der Waals surface area contributed by atoms with Gasteiger partial charge in [-0.15, -0.1) is 0 Å². The van der Waals surface area contributed by atoms with Gasteiger partial charge >= 0.3 is 23.9 Å². The second-order valence-electron chi connectivity index (χ2n) is 39.1. The number of carbonyl (C=O) groups excluding carboxylic acids is 8. The predicted octanol–water partition coefficient (Wildman–Crippen LogP) is 24.7. The molecule has 9 aromatic carbocycles. The van der Waals surface area contributed by atoms with Crippen LogP contribution in [0.3, 0.4) is 0 Å². The third kappa shape index (κ3) is 17.6. The predicted molar refractivity (Wildman–Crippen MR) is 475 cm³/mol. The normalized spacial score (nSPS) is 19.4. The van der Waals surface area contributed by atoms with Gasteiger partial charge in [-0.2, -0.15) is 0 Å². The Bertz CT molecular complexity index is 4990. The van der Waals surface area contributed by atoms with Gasteiger partial charge in [-0.1, -0.05) is 223 Å². The van der Waals surface area contributed by atoms with Crippen LogP contribution >= 0.6 is 0 Å². The summed E-state index contributed by atoms with van der Waals surface area (Å²) in [4.78, 5) is 128. The molecule has 4 saturated carbocycles. The molecule has 2 heterocycles. The minimum atomic E-state index is -1.44. The van der Waals surface area contributed by atoms with Crippen molar-refractivity contribution >= 4 is 90.6 Å². The first kappa shape index (κ1) is 86.1. The number of hydrogen-bond donors (Lipinski definition) is 0. The lowest BCUT2D eigenvalue weighted by molar-refractivity contribution is -0.162. The maximum Gasteiger partial charge on any atom is 0.333 e. The Labute approximate surface area is 717 Å². The molecule has 0 spiro atoms. The number of rotatable bonds is 24. The number of imide groups is 2. The summed E-state index contributed by atoms with van der Waals surface area (Å²) in [5, 5.41) is 2.16. The van der Waals surface area contributed by atoms with E-state index in [0.29, 0.717) is 118 Å². The summed E-state index contributed by atoms with van der Waals surface area (Å²) in [7, 11) is 0. The zero-order chi connectivity index (χ0) is 86.8. The van der Waals surface area contributed by atoms with Crippen LogP contribution in [0.15, 0.2) is 146 Å². The average Bonchev–Trinajstić information content (AvgIpc) is 0.669. The van der Waals surface area contributed by atoms with Gasteiger partial charge in [0.25, 0.3) is 23.6 Å². The Hall–Kier alpha value is -10.9. The van der Waals surface area contributed by atoms with E-state index in [2.05, 4.69) is 96.2 Å². The second-order valence-corrected chi connectivity index (χ2v) is 39.1. The number of hydrogen-bond acceptors (Lipinski definition) is 16. The van der Waals surface area contributed by atoms with Crippen LogP contribution in [-0.2, 0) is 59.8 Å². The SMILES string of the molecule is C=C(CC)C(=O)OC1CCCC(OC(=O)C(CC2CCCCC2)N2C(=O)c3cc(Oc4ccc(C(C)(C)C)cc4)c4c5c(Oc6ccc(C(C)(C)C)cc6)cc6c7c(cc(Oc8ccc(C(C)(C)C)cc8)c(c8c(Oc9ccc(C(C)(C)C)cc9)cc(c3c48)C2=O)c75)C(=O)N(C(CC2CCCCC2)C(=O)OC2CCCC(OC(=O)C(=C)CC)C2)C6=O)C1. The minimum absolute atomic E-state index is 0.0165. The summed E-state index contributed by atoms with van der Waals surface area (Å²) in [5.41, 5.74) is 3.63. The van der Waals surface area contributed by atoms with Crippen molar-refractivity contribution in [2.24, 2.45) is 11.8 Å². The number of nitrogens with zero attached hydrogens (tertiary/aromatic N) is 2. The largest absolute Gasteiger partial charge is 0.461 e. The second kappa shape index (κ2) is 34.4. The van der Waals surface area contributed by atoms with Crippen LogP contribution < -0.4 is 18.9 Å². The van der Waals surface area contributed by atoms with E-state index in [9.17, 15) is 9.59 Å². The molecule has 0 N–H and O–H groups in total. The van der Waals surface area contributed by atoms with Crippen molar-refractivity contribution in [3.8, 4) is 46.0 Å². The van der Waals surface area contributed by atoms with Gasteiger partial charge < -0.3 is 37.9 Å². The number of carbonyl (C=O) groups is 8. The summed E-state index contributed by atoms with van der Waals surface area (Å²) >= 11 is 0. The maximum atomic E-state index is 17.0. The smallest absolute Gasteiger partial charge is 0.333 e. The molecule has 15 rings (SSSR count). The summed E-state index contributed by atoms with van der Waals surface area (Å²) in [6.45, 7) is 36.9. The van der Waals surface area contributed by atoms with Crippen LogP contribution in [0.4, 0.5) is 0 Å². The summed E-state index contributed by atoms with van der Waals surface area (Å²) in [6.07, 6.45) is 10.7. The first-order valence-electron chi connectivity index (χ1n) is 44.5. The molecule has 0 aromatic heterocycles. The standard InChI is InChI=1S/C104H118N2O16/c1-17-59(3)97(111)119-71-31-25-33-73(53-71)121-99(113)79(51-61-27-21-19-22-28-61)105-93(107)75-55-81(115-67-43-35-63(36-44-67)101(5,6)7)87-89-83(117-69-47-39-65(40-48-69)103(11,12)13)57-77-86-78(96(110)106(95(77)109)80(52-62-29-23-20-24-30-62)100(114)122-74-34-26-32-72(54-74)120-98(112)60(4)18-2)58-84(118-70-49-41-66(42-50-70)104(14,15)16)90(92(86)89)88-82(56-76(94(105)108)85(75)91(87)88)116-68-45-37-64(38-46-68)102(8,9)10/h35-50,55-58,61-62,71-74,79-80H,3-4,17-34,51-54H2,1-2,5-16H3. The molecule has 6 aliphatic rings. The lowest BCUT2D eigenvalue weighted by atomic mass is 9.79. The van der Waals surface area contributed by atoms with Crippen LogP contribution in [0.5, 0.6) is 46.0 Å². The van der Waals surface area contributed by atoms with Gasteiger partial charge in [0.1, 0.15) is 82.5 Å². The van der Waals surface area contributed by atoms with Gasteiger partial charge in [-0.25, -0.2) is 19.2 Å². The molecule has 122 heavy (non-hydrogen) atoms. The maximum absolute atomic E-state index is 17.0. The molecular formula is C104H118N2O16. The first-order chi connectivity index (χ1) is 58.0. The van der Waals surface area contributed by atoms with Crippen molar-refractivity contribution in [3.63, 3.8) is 0 Å². The van der Waals surface area contributed by atoms with E-state index in [1.807, 2.05) is 111 Å². The molecule has 18 heteroatoms. The third-order valence-corrected chi connectivity index (χ3v) is 26.2. The molecule has 4 fully saturated rings. The molecule has 640 valence electrons. The molecule has 0 saturated heterocycles. The fraction of sp³-hybridized carbons (Fsp3) is 0.462.